The summed E-state index contributed by atoms with van der Waals surface area (Å²) in [6.07, 6.45) is -0.192. The minimum Gasteiger partial charge on any atom is -0.458 e. The molecule has 3 aliphatic rings. The van der Waals surface area contributed by atoms with Crippen LogP contribution < -0.4 is 15.6 Å². The summed E-state index contributed by atoms with van der Waals surface area (Å²) in [6.45, 7) is 1.55. The lowest BCUT2D eigenvalue weighted by atomic mass is 9.92. The first kappa shape index (κ1) is 25.4. The molecule has 0 bridgehead atoms. The number of fused-ring (bicyclic) bond motifs is 4. The monoisotopic (exact) mass is 556 g/mol. The molecule has 39 heavy (non-hydrogen) atoms. The maximum absolute atomic E-state index is 15.2. The van der Waals surface area contributed by atoms with E-state index < -0.39 is 36.0 Å². The lowest BCUT2D eigenvalue weighted by molar-refractivity contribution is -0.591. The second kappa shape index (κ2) is 10.0. The van der Waals surface area contributed by atoms with Crippen molar-refractivity contribution in [1.82, 2.24) is 4.68 Å². The van der Waals surface area contributed by atoms with E-state index in [1.165, 1.54) is 29.4 Å². The van der Waals surface area contributed by atoms with Gasteiger partial charge in [0.1, 0.15) is 13.2 Å². The van der Waals surface area contributed by atoms with Gasteiger partial charge in [-0.25, -0.2) is 13.5 Å². The van der Waals surface area contributed by atoms with Crippen LogP contribution in [0.2, 0.25) is 0 Å². The number of pyridine rings is 1. The molecule has 202 valence electrons. The number of ether oxygens (including phenoxy) is 3. The average molecular weight is 557 g/mol. The largest absolute Gasteiger partial charge is 0.458 e. The first-order valence-electron chi connectivity index (χ1n) is 12.3. The first-order valence-corrected chi connectivity index (χ1v) is 13.3. The Bertz CT molecular complexity index is 1610. The van der Waals surface area contributed by atoms with Gasteiger partial charge in [-0.05, 0) is 29.7 Å². The summed E-state index contributed by atoms with van der Waals surface area (Å²) in [7, 11) is 0. The van der Waals surface area contributed by atoms with E-state index in [0.29, 0.717) is 30.7 Å². The summed E-state index contributed by atoms with van der Waals surface area (Å²) in [5.41, 5.74) is 4.79. The van der Waals surface area contributed by atoms with Crippen molar-refractivity contribution in [3.8, 4) is 17.0 Å². The van der Waals surface area contributed by atoms with Crippen molar-refractivity contribution in [2.75, 3.05) is 32.0 Å². The van der Waals surface area contributed by atoms with Crippen molar-refractivity contribution >= 4 is 23.6 Å². The van der Waals surface area contributed by atoms with Crippen LogP contribution >= 0.6 is 11.8 Å². The maximum Gasteiger partial charge on any atom is 0.392 e. The number of carbonyl (C=O) groups excluding carboxylic acids is 1. The Kier molecular flexibility index (Phi) is 6.51. The second-order valence-corrected chi connectivity index (χ2v) is 10.3. The van der Waals surface area contributed by atoms with Crippen molar-refractivity contribution in [2.24, 2.45) is 0 Å². The van der Waals surface area contributed by atoms with E-state index in [4.69, 9.17) is 14.2 Å². The van der Waals surface area contributed by atoms with E-state index in [-0.39, 0.29) is 41.0 Å². The number of halogens is 2. The third-order valence-corrected chi connectivity index (χ3v) is 8.09. The van der Waals surface area contributed by atoms with Crippen molar-refractivity contribution in [3.05, 3.63) is 80.6 Å². The molecule has 0 amide bonds. The number of aliphatic hydroxyl groups is 1. The Labute approximate surface area is 225 Å². The quantitative estimate of drug-likeness (QED) is 0.287. The van der Waals surface area contributed by atoms with E-state index in [0.717, 1.165) is 16.5 Å². The fraction of sp³-hybridized carbons (Fsp3) is 0.296. The first-order chi connectivity index (χ1) is 18.8. The van der Waals surface area contributed by atoms with Gasteiger partial charge in [0.2, 0.25) is 23.7 Å². The van der Waals surface area contributed by atoms with Gasteiger partial charge in [0.25, 0.3) is 6.17 Å². The lowest BCUT2D eigenvalue weighted by Gasteiger charge is -2.31. The number of hydrogen-bond acceptors (Lipinski definition) is 7. The van der Waals surface area contributed by atoms with Crippen LogP contribution in [-0.2, 0) is 26.4 Å². The number of aromatic nitrogens is 1. The molecule has 0 radical (unpaired) electrons. The summed E-state index contributed by atoms with van der Waals surface area (Å²) in [5, 5.41) is 11.3. The Morgan fingerprint density at radius 1 is 1.28 bits per heavy atom. The molecule has 3 aromatic rings. The van der Waals surface area contributed by atoms with E-state index in [9.17, 15) is 14.7 Å². The summed E-state index contributed by atoms with van der Waals surface area (Å²) < 4.78 is 49.2. The van der Waals surface area contributed by atoms with Gasteiger partial charge in [0.05, 0.1) is 5.69 Å². The van der Waals surface area contributed by atoms with E-state index in [1.54, 1.807) is 4.58 Å². The molecule has 0 unspecified atom stereocenters. The number of thioether (sulfide) groups is 1. The summed E-state index contributed by atoms with van der Waals surface area (Å²) in [5.74, 6) is -2.89. The Morgan fingerprint density at radius 2 is 2.10 bits per heavy atom. The van der Waals surface area contributed by atoms with E-state index in [1.807, 2.05) is 24.3 Å². The third-order valence-electron chi connectivity index (χ3n) is 6.95. The summed E-state index contributed by atoms with van der Waals surface area (Å²) in [6, 6.07) is 9.97. The van der Waals surface area contributed by atoms with Gasteiger partial charge >= 0.3 is 11.9 Å². The Morgan fingerprint density at radius 3 is 2.92 bits per heavy atom. The molecule has 1 saturated heterocycles. The highest BCUT2D eigenvalue weighted by atomic mass is 32.2. The van der Waals surface area contributed by atoms with Gasteiger partial charge in [-0.2, -0.15) is 4.58 Å². The molecule has 6 rings (SSSR count). The van der Waals surface area contributed by atoms with Crippen LogP contribution in [0.15, 0.2) is 46.1 Å². The number of carbonyl (C=O) groups is 1. The van der Waals surface area contributed by atoms with Crippen LogP contribution in [0.25, 0.3) is 11.3 Å². The minimum atomic E-state index is -1.04. The molecule has 3 aliphatic heterocycles. The minimum absolute atomic E-state index is 0.0234. The maximum atomic E-state index is 15.2. The molecule has 1 fully saturated rings. The molecule has 12 heteroatoms. The van der Waals surface area contributed by atoms with Crippen molar-refractivity contribution in [3.63, 3.8) is 0 Å². The predicted octanol–water partition coefficient (Wildman–Crippen LogP) is 3.12. The van der Waals surface area contributed by atoms with Crippen LogP contribution in [-0.4, -0.2) is 58.9 Å². The smallest absolute Gasteiger partial charge is 0.392 e. The number of benzene rings is 2. The number of esters is 1. The third kappa shape index (κ3) is 4.43. The van der Waals surface area contributed by atoms with E-state index >= 15 is 8.78 Å². The zero-order valence-electron chi connectivity index (χ0n) is 20.8. The molecule has 0 saturated carbocycles. The Balaban J connectivity index is 1.59. The summed E-state index contributed by atoms with van der Waals surface area (Å²) >= 11 is 1.42. The lowest BCUT2D eigenvalue weighted by Crippen LogP contribution is -2.54. The zero-order valence-corrected chi connectivity index (χ0v) is 21.6. The SMILES string of the molecule is CC(=O)OCOc1c2n(c(-c3cc(F)c(F)c4c3Cc3ccccc3SC4)cc1=O)N[C@@H]1COCC[N+]1=C2O. The molecule has 2 aromatic carbocycles. The number of morpholine rings is 1. The van der Waals surface area contributed by atoms with Crippen molar-refractivity contribution < 1.29 is 37.5 Å². The van der Waals surface area contributed by atoms with Gasteiger partial charge in [-0.15, -0.1) is 11.8 Å². The number of nitrogens with one attached hydrogen (secondary N) is 1. The van der Waals surface area contributed by atoms with Gasteiger partial charge in [-0.1, -0.05) is 18.2 Å². The van der Waals surface area contributed by atoms with Crippen LogP contribution in [0.1, 0.15) is 29.3 Å². The van der Waals surface area contributed by atoms with Crippen LogP contribution in [0.5, 0.6) is 5.75 Å². The van der Waals surface area contributed by atoms with Crippen LogP contribution in [0.4, 0.5) is 8.78 Å². The topological polar surface area (TPSA) is 102 Å². The normalized spacial score (nSPS) is 17.7. The zero-order chi connectivity index (χ0) is 27.3. The molecule has 4 heterocycles. The molecule has 1 aromatic heterocycles. The van der Waals surface area contributed by atoms with Crippen molar-refractivity contribution in [2.45, 2.75) is 30.2 Å². The number of rotatable bonds is 4. The van der Waals surface area contributed by atoms with Crippen molar-refractivity contribution in [1.29, 1.82) is 0 Å². The van der Waals surface area contributed by atoms with Crippen LogP contribution in [0, 0.1) is 11.6 Å². The fourth-order valence-corrected chi connectivity index (χ4v) is 6.22. The van der Waals surface area contributed by atoms with Gasteiger partial charge < -0.3 is 19.3 Å². The Hall–Kier alpha value is -3.90. The second-order valence-electron chi connectivity index (χ2n) is 9.29. The average Bonchev–Trinajstić information content (AvgIpc) is 3.12. The molecule has 0 spiro atoms. The highest BCUT2D eigenvalue weighted by Crippen LogP contribution is 2.40. The van der Waals surface area contributed by atoms with Gasteiger partial charge in [0.15, 0.2) is 18.2 Å². The molecule has 0 aliphatic carbocycles. The van der Waals surface area contributed by atoms with E-state index in [2.05, 4.69) is 5.43 Å². The molecule has 2 N–H and O–H groups in total. The summed E-state index contributed by atoms with van der Waals surface area (Å²) in [4.78, 5) is 25.6. The van der Waals surface area contributed by atoms with Crippen LogP contribution in [0.3, 0.4) is 0 Å². The standard InChI is InChI=1S/C27H23F2N3O6S/c1-14(33)37-13-38-26-21(34)10-20(32-25(26)27(35)31-6-7-36-11-23(31)30-32)17-9-19(28)24(29)18-12-39-22-5-3-2-4-15(22)8-16(17)18/h2-5,9-10,23,30H,6-8,11-13H2,1H3/p+1/t23-/m0/s1. The fourth-order valence-electron chi connectivity index (χ4n) is 5.12. The number of aliphatic hydroxyl groups excluding tert-OH is 1. The number of hydrogen-bond donors (Lipinski definition) is 2. The number of nitrogens with zero attached hydrogens (tertiary/aromatic N) is 2. The molecule has 1 atom stereocenters. The molecular formula is C27H24F2N3O6S+. The van der Waals surface area contributed by atoms with Gasteiger partial charge in [-0.3, -0.25) is 15.0 Å². The van der Waals surface area contributed by atoms with Gasteiger partial charge in [0, 0.05) is 34.8 Å². The molecular weight excluding hydrogens is 532 g/mol. The highest BCUT2D eigenvalue weighted by molar-refractivity contribution is 7.98. The highest BCUT2D eigenvalue weighted by Gasteiger charge is 2.40. The molecule has 9 nitrogen and oxygen atoms in total. The predicted molar refractivity (Wildman–Crippen MR) is 138 cm³/mol.